The topological polar surface area (TPSA) is 84.2 Å². The van der Waals surface area contributed by atoms with E-state index in [9.17, 15) is 4.79 Å². The van der Waals surface area contributed by atoms with E-state index >= 15 is 0 Å². The van der Waals surface area contributed by atoms with Crippen molar-refractivity contribution in [1.82, 2.24) is 15.1 Å². The average Bonchev–Trinajstić information content (AvgIpc) is 2.75. The first kappa shape index (κ1) is 13.7. The van der Waals surface area contributed by atoms with Crippen molar-refractivity contribution in [2.45, 2.75) is 13.3 Å². The molecule has 0 saturated heterocycles. The van der Waals surface area contributed by atoms with Crippen LogP contribution < -0.4 is 5.73 Å². The Balaban J connectivity index is 2.68. The molecule has 1 aromatic heterocycles. The summed E-state index contributed by atoms with van der Waals surface area (Å²) in [5, 5.41) is 6.62. The first-order valence-corrected chi connectivity index (χ1v) is 5.69. The summed E-state index contributed by atoms with van der Waals surface area (Å²) >= 11 is 0. The van der Waals surface area contributed by atoms with Gasteiger partial charge < -0.3 is 15.4 Å². The Labute approximate surface area is 101 Å². The molecule has 3 N–H and O–H groups in total. The number of hydrogen-bond acceptors (Lipinski definition) is 4. The van der Waals surface area contributed by atoms with Crippen LogP contribution in [0.2, 0.25) is 0 Å². The van der Waals surface area contributed by atoms with Crippen LogP contribution in [-0.4, -0.2) is 54.4 Å². The van der Waals surface area contributed by atoms with Crippen molar-refractivity contribution in [3.8, 4) is 0 Å². The number of amides is 1. The third kappa shape index (κ3) is 3.83. The smallest absolute Gasteiger partial charge is 0.257 e. The molecule has 17 heavy (non-hydrogen) atoms. The molecule has 0 unspecified atom stereocenters. The summed E-state index contributed by atoms with van der Waals surface area (Å²) in [5.74, 6) is -0.0262. The standard InChI is InChI=1S/C11H20N4O2/c1-9-10(8-13-14-9)11(16)15(5-3-4-12)6-7-17-2/h8H,3-7,12H2,1-2H3,(H,13,14). The molecule has 0 saturated carbocycles. The highest BCUT2D eigenvalue weighted by atomic mass is 16.5. The molecular formula is C11H20N4O2. The molecule has 0 spiro atoms. The van der Waals surface area contributed by atoms with E-state index < -0.39 is 0 Å². The molecule has 6 nitrogen and oxygen atoms in total. The third-order valence-corrected chi connectivity index (χ3v) is 2.55. The normalized spacial score (nSPS) is 10.5. The molecule has 0 bridgehead atoms. The van der Waals surface area contributed by atoms with Gasteiger partial charge in [-0.05, 0) is 19.9 Å². The molecule has 96 valence electrons. The number of H-pyrrole nitrogens is 1. The van der Waals surface area contributed by atoms with Crippen LogP contribution in [0.4, 0.5) is 0 Å². The lowest BCUT2D eigenvalue weighted by atomic mass is 10.2. The molecule has 1 heterocycles. The second-order valence-corrected chi connectivity index (χ2v) is 3.84. The number of aromatic nitrogens is 2. The van der Waals surface area contributed by atoms with E-state index in [4.69, 9.17) is 10.5 Å². The predicted molar refractivity (Wildman–Crippen MR) is 64.8 cm³/mol. The van der Waals surface area contributed by atoms with Crippen LogP contribution in [0, 0.1) is 6.92 Å². The van der Waals surface area contributed by atoms with Gasteiger partial charge in [0, 0.05) is 25.9 Å². The highest BCUT2D eigenvalue weighted by Gasteiger charge is 2.18. The van der Waals surface area contributed by atoms with Crippen molar-refractivity contribution >= 4 is 5.91 Å². The minimum Gasteiger partial charge on any atom is -0.383 e. The summed E-state index contributed by atoms with van der Waals surface area (Å²) in [6.07, 6.45) is 2.34. The molecule has 0 aromatic carbocycles. The van der Waals surface area contributed by atoms with E-state index in [2.05, 4.69) is 10.2 Å². The minimum atomic E-state index is -0.0262. The zero-order valence-electron chi connectivity index (χ0n) is 10.4. The van der Waals surface area contributed by atoms with Gasteiger partial charge in [-0.15, -0.1) is 0 Å². The number of carbonyl (C=O) groups is 1. The van der Waals surface area contributed by atoms with Gasteiger partial charge in [0.1, 0.15) is 0 Å². The van der Waals surface area contributed by atoms with Crippen LogP contribution in [0.15, 0.2) is 6.20 Å². The monoisotopic (exact) mass is 240 g/mol. The summed E-state index contributed by atoms with van der Waals surface area (Å²) in [4.78, 5) is 14.0. The van der Waals surface area contributed by atoms with E-state index in [1.165, 1.54) is 0 Å². The van der Waals surface area contributed by atoms with E-state index in [0.717, 1.165) is 12.1 Å². The Hall–Kier alpha value is -1.40. The molecule has 0 atom stereocenters. The molecule has 0 aliphatic heterocycles. The number of rotatable bonds is 7. The average molecular weight is 240 g/mol. The number of nitrogens with two attached hydrogens (primary N) is 1. The fourth-order valence-corrected chi connectivity index (χ4v) is 1.54. The van der Waals surface area contributed by atoms with Gasteiger partial charge in [-0.3, -0.25) is 9.89 Å². The minimum absolute atomic E-state index is 0.0262. The molecule has 0 aliphatic carbocycles. The zero-order valence-corrected chi connectivity index (χ0v) is 10.4. The first-order valence-electron chi connectivity index (χ1n) is 5.69. The maximum Gasteiger partial charge on any atom is 0.257 e. The quantitative estimate of drug-likeness (QED) is 0.711. The lowest BCUT2D eigenvalue weighted by Gasteiger charge is -2.21. The van der Waals surface area contributed by atoms with Gasteiger partial charge in [0.05, 0.1) is 18.4 Å². The fraction of sp³-hybridized carbons (Fsp3) is 0.636. The Morgan fingerprint density at radius 1 is 1.59 bits per heavy atom. The number of aryl methyl sites for hydroxylation is 1. The highest BCUT2D eigenvalue weighted by molar-refractivity contribution is 5.95. The van der Waals surface area contributed by atoms with Gasteiger partial charge in [-0.1, -0.05) is 0 Å². The number of methoxy groups -OCH3 is 1. The van der Waals surface area contributed by atoms with Crippen LogP contribution in [0.3, 0.4) is 0 Å². The van der Waals surface area contributed by atoms with Crippen LogP contribution >= 0.6 is 0 Å². The molecule has 6 heteroatoms. The molecule has 1 rings (SSSR count). The van der Waals surface area contributed by atoms with E-state index in [1.807, 2.05) is 6.92 Å². The summed E-state index contributed by atoms with van der Waals surface area (Å²) in [6.45, 7) is 4.13. The van der Waals surface area contributed by atoms with Gasteiger partial charge >= 0.3 is 0 Å². The number of ether oxygens (including phenoxy) is 1. The molecule has 0 radical (unpaired) electrons. The van der Waals surface area contributed by atoms with Gasteiger partial charge in [0.2, 0.25) is 0 Å². The van der Waals surface area contributed by atoms with Gasteiger partial charge in [0.15, 0.2) is 0 Å². The van der Waals surface area contributed by atoms with Gasteiger partial charge in [-0.25, -0.2) is 0 Å². The van der Waals surface area contributed by atoms with Crippen LogP contribution in [0.1, 0.15) is 22.5 Å². The van der Waals surface area contributed by atoms with E-state index in [1.54, 1.807) is 18.2 Å². The summed E-state index contributed by atoms with van der Waals surface area (Å²) in [7, 11) is 1.62. The lowest BCUT2D eigenvalue weighted by Crippen LogP contribution is -2.35. The number of carbonyl (C=O) groups excluding carboxylic acids is 1. The Morgan fingerprint density at radius 3 is 2.88 bits per heavy atom. The van der Waals surface area contributed by atoms with E-state index in [0.29, 0.717) is 31.8 Å². The van der Waals surface area contributed by atoms with Gasteiger partial charge in [0.25, 0.3) is 5.91 Å². The van der Waals surface area contributed by atoms with E-state index in [-0.39, 0.29) is 5.91 Å². The lowest BCUT2D eigenvalue weighted by molar-refractivity contribution is 0.0694. The van der Waals surface area contributed by atoms with Crippen molar-refractivity contribution in [1.29, 1.82) is 0 Å². The Kier molecular flexibility index (Phi) is 5.65. The Bertz CT molecular complexity index is 343. The third-order valence-electron chi connectivity index (χ3n) is 2.55. The van der Waals surface area contributed by atoms with Crippen molar-refractivity contribution in [2.75, 3.05) is 33.4 Å². The van der Waals surface area contributed by atoms with Crippen LogP contribution in [-0.2, 0) is 4.74 Å². The number of nitrogens with one attached hydrogen (secondary N) is 1. The van der Waals surface area contributed by atoms with Crippen LogP contribution in [0.25, 0.3) is 0 Å². The second-order valence-electron chi connectivity index (χ2n) is 3.84. The summed E-state index contributed by atoms with van der Waals surface area (Å²) in [6, 6.07) is 0. The molecule has 1 amide bonds. The summed E-state index contributed by atoms with van der Waals surface area (Å²) in [5.41, 5.74) is 6.86. The van der Waals surface area contributed by atoms with Crippen molar-refractivity contribution in [2.24, 2.45) is 5.73 Å². The second kappa shape index (κ2) is 7.03. The largest absolute Gasteiger partial charge is 0.383 e. The Morgan fingerprint density at radius 2 is 2.35 bits per heavy atom. The maximum absolute atomic E-state index is 12.2. The predicted octanol–water partition coefficient (Wildman–Crippen LogP) is 0.156. The number of nitrogens with zero attached hydrogens (tertiary/aromatic N) is 2. The highest BCUT2D eigenvalue weighted by Crippen LogP contribution is 2.08. The van der Waals surface area contributed by atoms with Crippen molar-refractivity contribution < 1.29 is 9.53 Å². The van der Waals surface area contributed by atoms with Crippen molar-refractivity contribution in [3.63, 3.8) is 0 Å². The fourth-order valence-electron chi connectivity index (χ4n) is 1.54. The van der Waals surface area contributed by atoms with Crippen LogP contribution in [0.5, 0.6) is 0 Å². The van der Waals surface area contributed by atoms with Crippen molar-refractivity contribution in [3.05, 3.63) is 17.5 Å². The number of aromatic amines is 1. The number of hydrogen-bond donors (Lipinski definition) is 2. The maximum atomic E-state index is 12.2. The SMILES string of the molecule is COCCN(CCCN)C(=O)c1cn[nH]c1C. The molecule has 1 aromatic rings. The summed E-state index contributed by atoms with van der Waals surface area (Å²) < 4.78 is 5.00. The van der Waals surface area contributed by atoms with Gasteiger partial charge in [-0.2, -0.15) is 5.10 Å². The first-order chi connectivity index (χ1) is 8.20. The molecule has 0 fully saturated rings. The molecular weight excluding hydrogens is 220 g/mol. The zero-order chi connectivity index (χ0) is 12.7. The molecule has 0 aliphatic rings.